The van der Waals surface area contributed by atoms with E-state index in [9.17, 15) is 0 Å². The van der Waals surface area contributed by atoms with Gasteiger partial charge in [-0.1, -0.05) is 25.2 Å². The van der Waals surface area contributed by atoms with Gasteiger partial charge in [-0.3, -0.25) is 0 Å². The second kappa shape index (κ2) is 6.98. The fraction of sp³-hybridized carbons (Fsp3) is 0.538. The van der Waals surface area contributed by atoms with E-state index in [1.807, 2.05) is 11.4 Å². The summed E-state index contributed by atoms with van der Waals surface area (Å²) >= 11 is 3.30. The Hall–Kier alpha value is -0.980. The molecular weight excluding hydrogens is 278 g/mol. The summed E-state index contributed by atoms with van der Waals surface area (Å²) in [4.78, 5) is 1.08. The molecule has 2 rings (SSSR count). The first-order valence-corrected chi connectivity index (χ1v) is 8.08. The van der Waals surface area contributed by atoms with E-state index in [0.717, 1.165) is 40.0 Å². The Kier molecular flexibility index (Phi) is 5.30. The largest absolute Gasteiger partial charge is 0.495 e. The van der Waals surface area contributed by atoms with Crippen LogP contribution in [0.5, 0.6) is 5.75 Å². The van der Waals surface area contributed by atoms with E-state index in [2.05, 4.69) is 29.4 Å². The van der Waals surface area contributed by atoms with Gasteiger partial charge in [0, 0.05) is 12.5 Å². The SMILES string of the molecule is COc1ccsc1-c1nnc(CCCNC(C)C)s1. The molecule has 19 heavy (non-hydrogen) atoms. The van der Waals surface area contributed by atoms with Gasteiger partial charge in [0.1, 0.15) is 15.6 Å². The van der Waals surface area contributed by atoms with Gasteiger partial charge in [-0.25, -0.2) is 0 Å². The summed E-state index contributed by atoms with van der Waals surface area (Å²) in [5, 5.41) is 16.0. The molecule has 0 saturated heterocycles. The molecule has 0 saturated carbocycles. The molecule has 104 valence electrons. The fourth-order valence-electron chi connectivity index (χ4n) is 1.69. The van der Waals surface area contributed by atoms with Gasteiger partial charge in [-0.15, -0.1) is 21.5 Å². The van der Waals surface area contributed by atoms with Crippen LogP contribution < -0.4 is 10.1 Å². The van der Waals surface area contributed by atoms with Gasteiger partial charge in [-0.05, 0) is 24.4 Å². The first-order chi connectivity index (χ1) is 9.20. The number of ether oxygens (including phenoxy) is 1. The predicted octanol–water partition coefficient (Wildman–Crippen LogP) is 3.21. The van der Waals surface area contributed by atoms with Crippen molar-refractivity contribution in [1.29, 1.82) is 0 Å². The van der Waals surface area contributed by atoms with Crippen LogP contribution in [-0.2, 0) is 6.42 Å². The normalized spacial score (nSPS) is 11.2. The van der Waals surface area contributed by atoms with Gasteiger partial charge >= 0.3 is 0 Å². The molecule has 0 aliphatic carbocycles. The first-order valence-electron chi connectivity index (χ1n) is 6.38. The number of hydrogen-bond acceptors (Lipinski definition) is 6. The van der Waals surface area contributed by atoms with Crippen molar-refractivity contribution in [3.63, 3.8) is 0 Å². The van der Waals surface area contributed by atoms with E-state index >= 15 is 0 Å². The van der Waals surface area contributed by atoms with Crippen LogP contribution in [0.3, 0.4) is 0 Å². The Morgan fingerprint density at radius 1 is 1.37 bits per heavy atom. The minimum Gasteiger partial charge on any atom is -0.495 e. The van der Waals surface area contributed by atoms with Crippen LogP contribution in [0.4, 0.5) is 0 Å². The number of nitrogens with zero attached hydrogens (tertiary/aromatic N) is 2. The molecule has 0 amide bonds. The van der Waals surface area contributed by atoms with Crippen LogP contribution in [0.1, 0.15) is 25.3 Å². The second-order valence-corrected chi connectivity index (χ2v) is 6.51. The van der Waals surface area contributed by atoms with E-state index in [-0.39, 0.29) is 0 Å². The van der Waals surface area contributed by atoms with Gasteiger partial charge in [0.05, 0.1) is 7.11 Å². The average molecular weight is 297 g/mol. The number of nitrogens with one attached hydrogen (secondary N) is 1. The van der Waals surface area contributed by atoms with Crippen molar-refractivity contribution in [1.82, 2.24) is 15.5 Å². The van der Waals surface area contributed by atoms with Crippen molar-refractivity contribution in [3.05, 3.63) is 16.5 Å². The highest BCUT2D eigenvalue weighted by Gasteiger charge is 2.12. The lowest BCUT2D eigenvalue weighted by Crippen LogP contribution is -2.23. The molecule has 0 radical (unpaired) electrons. The van der Waals surface area contributed by atoms with Crippen LogP contribution >= 0.6 is 22.7 Å². The third-order valence-corrected chi connectivity index (χ3v) is 4.66. The van der Waals surface area contributed by atoms with E-state index in [4.69, 9.17) is 4.74 Å². The van der Waals surface area contributed by atoms with Crippen LogP contribution in [0.2, 0.25) is 0 Å². The summed E-state index contributed by atoms with van der Waals surface area (Å²) in [6.45, 7) is 5.34. The lowest BCUT2D eigenvalue weighted by atomic mass is 10.3. The molecule has 0 spiro atoms. The maximum Gasteiger partial charge on any atom is 0.161 e. The molecule has 0 aromatic carbocycles. The van der Waals surface area contributed by atoms with Crippen LogP contribution in [0.25, 0.3) is 9.88 Å². The van der Waals surface area contributed by atoms with Crippen molar-refractivity contribution in [3.8, 4) is 15.6 Å². The molecule has 2 aromatic heterocycles. The zero-order chi connectivity index (χ0) is 13.7. The molecule has 0 aliphatic heterocycles. The highest BCUT2D eigenvalue weighted by molar-refractivity contribution is 7.21. The summed E-state index contributed by atoms with van der Waals surface area (Å²) in [6, 6.07) is 2.51. The molecule has 0 aliphatic rings. The Morgan fingerprint density at radius 3 is 2.95 bits per heavy atom. The summed E-state index contributed by atoms with van der Waals surface area (Å²) in [6.07, 6.45) is 2.07. The third-order valence-electron chi connectivity index (χ3n) is 2.63. The van der Waals surface area contributed by atoms with Crippen molar-refractivity contribution >= 4 is 22.7 Å². The number of rotatable bonds is 7. The standard InChI is InChI=1S/C13H19N3OS2/c1-9(2)14-7-4-5-11-15-16-13(19-11)12-10(17-3)6-8-18-12/h6,8-9,14H,4-5,7H2,1-3H3. The quantitative estimate of drug-likeness (QED) is 0.797. The van der Waals surface area contributed by atoms with E-state index in [0.29, 0.717) is 6.04 Å². The first kappa shape index (κ1) is 14.4. The number of aryl methyl sites for hydroxylation is 1. The van der Waals surface area contributed by atoms with Gasteiger partial charge in [0.25, 0.3) is 0 Å². The smallest absolute Gasteiger partial charge is 0.161 e. The number of thiophene rings is 1. The van der Waals surface area contributed by atoms with Crippen molar-refractivity contribution in [2.24, 2.45) is 0 Å². The lowest BCUT2D eigenvalue weighted by molar-refractivity contribution is 0.418. The Labute approximate surface area is 121 Å². The van der Waals surface area contributed by atoms with Crippen LogP contribution in [0, 0.1) is 0 Å². The van der Waals surface area contributed by atoms with Gasteiger partial charge < -0.3 is 10.1 Å². The molecule has 1 N–H and O–H groups in total. The number of hydrogen-bond donors (Lipinski definition) is 1. The van der Waals surface area contributed by atoms with Gasteiger partial charge in [-0.2, -0.15) is 0 Å². The summed E-state index contributed by atoms with van der Waals surface area (Å²) in [5.74, 6) is 0.883. The Morgan fingerprint density at radius 2 is 2.21 bits per heavy atom. The molecule has 0 atom stereocenters. The fourth-order valence-corrected chi connectivity index (χ4v) is 3.52. The maximum atomic E-state index is 5.31. The van der Waals surface area contributed by atoms with E-state index < -0.39 is 0 Å². The molecule has 0 fully saturated rings. The molecule has 2 heterocycles. The Bertz CT molecular complexity index is 507. The lowest BCUT2D eigenvalue weighted by Gasteiger charge is -2.05. The highest BCUT2D eigenvalue weighted by Crippen LogP contribution is 2.36. The van der Waals surface area contributed by atoms with Crippen molar-refractivity contribution in [2.45, 2.75) is 32.7 Å². The zero-order valence-corrected chi connectivity index (χ0v) is 13.1. The summed E-state index contributed by atoms with van der Waals surface area (Å²) in [7, 11) is 1.69. The minimum atomic E-state index is 0.542. The van der Waals surface area contributed by atoms with E-state index in [1.165, 1.54) is 0 Å². The number of aromatic nitrogens is 2. The van der Waals surface area contributed by atoms with Crippen molar-refractivity contribution < 1.29 is 4.74 Å². The number of methoxy groups -OCH3 is 1. The molecule has 0 bridgehead atoms. The topological polar surface area (TPSA) is 47.0 Å². The molecular formula is C13H19N3OS2. The van der Waals surface area contributed by atoms with Gasteiger partial charge in [0.2, 0.25) is 0 Å². The van der Waals surface area contributed by atoms with Crippen LogP contribution in [0.15, 0.2) is 11.4 Å². The summed E-state index contributed by atoms with van der Waals surface area (Å²) in [5.41, 5.74) is 0. The maximum absolute atomic E-state index is 5.31. The van der Waals surface area contributed by atoms with Crippen LogP contribution in [-0.4, -0.2) is 29.9 Å². The molecule has 4 nitrogen and oxygen atoms in total. The van der Waals surface area contributed by atoms with Crippen molar-refractivity contribution in [2.75, 3.05) is 13.7 Å². The molecule has 2 aromatic rings. The van der Waals surface area contributed by atoms with E-state index in [1.54, 1.807) is 29.8 Å². The second-order valence-electron chi connectivity index (χ2n) is 4.53. The van der Waals surface area contributed by atoms with Gasteiger partial charge in [0.15, 0.2) is 5.01 Å². The summed E-state index contributed by atoms with van der Waals surface area (Å²) < 4.78 is 5.31. The highest BCUT2D eigenvalue weighted by atomic mass is 32.1. The predicted molar refractivity (Wildman–Crippen MR) is 81.2 cm³/mol. The molecule has 6 heteroatoms. The third kappa shape index (κ3) is 3.99. The zero-order valence-electron chi connectivity index (χ0n) is 11.5. The Balaban J connectivity index is 1.92. The molecule has 0 unspecified atom stereocenters. The monoisotopic (exact) mass is 297 g/mol. The minimum absolute atomic E-state index is 0.542. The average Bonchev–Trinajstić information content (AvgIpc) is 3.02.